The Balaban J connectivity index is 2.89. The lowest BCUT2D eigenvalue weighted by atomic mass is 9.99. The smallest absolute Gasteiger partial charge is 0.407 e. The second-order valence-electron chi connectivity index (χ2n) is 6.96. The molecule has 2 N–H and O–H groups in total. The number of aliphatic hydroxyl groups excluding tert-OH is 1. The number of ether oxygens (including phenoxy) is 2. The first kappa shape index (κ1) is 22.4. The van der Waals surface area contributed by atoms with Crippen LogP contribution in [0.4, 0.5) is 10.5 Å². The molecule has 0 bridgehead atoms. The molecule has 0 spiro atoms. The number of hydrogen-bond donors (Lipinski definition) is 2. The zero-order valence-electron chi connectivity index (χ0n) is 15.9. The number of hydrogen-bond acceptors (Lipinski definition) is 7. The number of esters is 1. The number of benzene rings is 1. The molecule has 0 aliphatic carbocycles. The van der Waals surface area contributed by atoms with Gasteiger partial charge in [-0.1, -0.05) is 12.1 Å². The summed E-state index contributed by atoms with van der Waals surface area (Å²) >= 11 is 0. The van der Waals surface area contributed by atoms with E-state index in [0.29, 0.717) is 5.56 Å². The van der Waals surface area contributed by atoms with Gasteiger partial charge < -0.3 is 19.9 Å². The third-order valence-corrected chi connectivity index (χ3v) is 3.45. The molecule has 0 aliphatic rings. The highest BCUT2D eigenvalue weighted by molar-refractivity contribution is 5.71. The molecule has 1 aromatic rings. The zero-order chi connectivity index (χ0) is 20.6. The summed E-state index contributed by atoms with van der Waals surface area (Å²) in [5, 5.41) is 23.7. The number of carbonyl (C=O) groups is 2. The maximum Gasteiger partial charge on any atom is 0.407 e. The number of nitro groups is 1. The molecular weight excluding hydrogens is 356 g/mol. The summed E-state index contributed by atoms with van der Waals surface area (Å²) in [5.74, 6) is -0.593. The van der Waals surface area contributed by atoms with Gasteiger partial charge in [-0.25, -0.2) is 4.79 Å². The molecule has 0 unspecified atom stereocenters. The van der Waals surface area contributed by atoms with Crippen LogP contribution in [0.15, 0.2) is 24.3 Å². The summed E-state index contributed by atoms with van der Waals surface area (Å²) in [6.45, 7) is 6.93. The maximum absolute atomic E-state index is 12.1. The third-order valence-electron chi connectivity index (χ3n) is 3.45. The number of nitro benzene ring substituents is 1. The van der Waals surface area contributed by atoms with Crippen LogP contribution in [0.3, 0.4) is 0 Å². The number of aliphatic hydroxyl groups is 1. The van der Waals surface area contributed by atoms with E-state index in [0.717, 1.165) is 0 Å². The predicted molar refractivity (Wildman–Crippen MR) is 97.2 cm³/mol. The first-order valence-corrected chi connectivity index (χ1v) is 8.58. The van der Waals surface area contributed by atoms with E-state index >= 15 is 0 Å². The highest BCUT2D eigenvalue weighted by atomic mass is 16.6. The minimum Gasteiger partial charge on any atom is -0.466 e. The molecule has 9 nitrogen and oxygen atoms in total. The normalized spacial score (nSPS) is 13.4. The molecule has 0 radical (unpaired) electrons. The van der Waals surface area contributed by atoms with Gasteiger partial charge in [0, 0.05) is 12.1 Å². The van der Waals surface area contributed by atoms with Crippen molar-refractivity contribution in [2.45, 2.75) is 58.3 Å². The van der Waals surface area contributed by atoms with Crippen molar-refractivity contribution in [1.29, 1.82) is 0 Å². The Morgan fingerprint density at radius 3 is 2.33 bits per heavy atom. The minimum atomic E-state index is -1.22. The molecule has 27 heavy (non-hydrogen) atoms. The van der Waals surface area contributed by atoms with Gasteiger partial charge >= 0.3 is 12.1 Å². The summed E-state index contributed by atoms with van der Waals surface area (Å²) in [7, 11) is 0. The standard InChI is InChI=1S/C18H26N2O7/c1-5-26-16(22)11-15(21)14(19-17(23)27-18(2,3)4)10-12-6-8-13(9-7-12)20(24)25/h6-9,14-15,21H,5,10-11H2,1-4H3,(H,19,23)/t14-,15+/m0/s1. The fourth-order valence-corrected chi connectivity index (χ4v) is 2.28. The molecule has 9 heteroatoms. The molecule has 150 valence electrons. The Kier molecular flexibility index (Phi) is 8.17. The number of amides is 1. The summed E-state index contributed by atoms with van der Waals surface area (Å²) < 4.78 is 10.0. The first-order chi connectivity index (χ1) is 12.5. The molecule has 0 saturated heterocycles. The van der Waals surface area contributed by atoms with Crippen molar-refractivity contribution in [3.63, 3.8) is 0 Å². The van der Waals surface area contributed by atoms with Crippen LogP contribution in [0.5, 0.6) is 0 Å². The number of alkyl carbamates (subject to hydrolysis) is 1. The average Bonchev–Trinajstić information content (AvgIpc) is 2.53. The van der Waals surface area contributed by atoms with Gasteiger partial charge in [0.25, 0.3) is 5.69 Å². The SMILES string of the molecule is CCOC(=O)C[C@@H](O)[C@H](Cc1ccc([N+](=O)[O-])cc1)NC(=O)OC(C)(C)C. The lowest BCUT2D eigenvalue weighted by Crippen LogP contribution is -2.47. The largest absolute Gasteiger partial charge is 0.466 e. The van der Waals surface area contributed by atoms with Gasteiger partial charge in [-0.3, -0.25) is 14.9 Å². The minimum absolute atomic E-state index is 0.0672. The Bertz CT molecular complexity index is 653. The van der Waals surface area contributed by atoms with Crippen molar-refractivity contribution in [2.75, 3.05) is 6.61 Å². The highest BCUT2D eigenvalue weighted by Crippen LogP contribution is 2.16. The molecule has 1 rings (SSSR count). The van der Waals surface area contributed by atoms with Crippen molar-refractivity contribution in [2.24, 2.45) is 0 Å². The molecule has 0 heterocycles. The quantitative estimate of drug-likeness (QED) is 0.401. The second-order valence-corrected chi connectivity index (χ2v) is 6.96. The Labute approximate surface area is 157 Å². The molecule has 0 saturated carbocycles. The van der Waals surface area contributed by atoms with Gasteiger partial charge in [0.15, 0.2) is 0 Å². The van der Waals surface area contributed by atoms with E-state index < -0.39 is 34.7 Å². The lowest BCUT2D eigenvalue weighted by Gasteiger charge is -2.26. The van der Waals surface area contributed by atoms with E-state index in [1.54, 1.807) is 27.7 Å². The van der Waals surface area contributed by atoms with E-state index in [4.69, 9.17) is 9.47 Å². The molecule has 1 amide bonds. The highest BCUT2D eigenvalue weighted by Gasteiger charge is 2.27. The van der Waals surface area contributed by atoms with Crippen LogP contribution in [-0.2, 0) is 20.7 Å². The topological polar surface area (TPSA) is 128 Å². The monoisotopic (exact) mass is 382 g/mol. The van der Waals surface area contributed by atoms with Gasteiger partial charge in [-0.05, 0) is 39.7 Å². The van der Waals surface area contributed by atoms with Crippen LogP contribution < -0.4 is 5.32 Å². The van der Waals surface area contributed by atoms with Gasteiger partial charge in [0.05, 0.1) is 30.1 Å². The summed E-state index contributed by atoms with van der Waals surface area (Å²) in [4.78, 5) is 33.9. The third kappa shape index (κ3) is 8.50. The summed E-state index contributed by atoms with van der Waals surface area (Å²) in [6.07, 6.45) is -2.11. The van der Waals surface area contributed by atoms with Crippen LogP contribution in [0, 0.1) is 10.1 Å². The Hall–Kier alpha value is -2.68. The number of carbonyl (C=O) groups excluding carboxylic acids is 2. The van der Waals surface area contributed by atoms with E-state index in [1.165, 1.54) is 24.3 Å². The first-order valence-electron chi connectivity index (χ1n) is 8.58. The van der Waals surface area contributed by atoms with Gasteiger partial charge in [0.1, 0.15) is 5.60 Å². The number of nitrogens with zero attached hydrogens (tertiary/aromatic N) is 1. The van der Waals surface area contributed by atoms with Crippen LogP contribution in [0.25, 0.3) is 0 Å². The van der Waals surface area contributed by atoms with E-state index in [-0.39, 0.29) is 25.1 Å². The van der Waals surface area contributed by atoms with E-state index in [1.807, 2.05) is 0 Å². The second kappa shape index (κ2) is 9.86. The lowest BCUT2D eigenvalue weighted by molar-refractivity contribution is -0.384. The maximum atomic E-state index is 12.1. The summed E-state index contributed by atoms with van der Waals surface area (Å²) in [6, 6.07) is 4.87. The molecule has 1 aromatic carbocycles. The zero-order valence-corrected chi connectivity index (χ0v) is 15.9. The van der Waals surface area contributed by atoms with Crippen LogP contribution in [-0.4, -0.2) is 46.4 Å². The van der Waals surface area contributed by atoms with Crippen molar-refractivity contribution in [1.82, 2.24) is 5.32 Å². The average molecular weight is 382 g/mol. The van der Waals surface area contributed by atoms with Crippen LogP contribution in [0.1, 0.15) is 39.7 Å². The molecular formula is C18H26N2O7. The van der Waals surface area contributed by atoms with Crippen molar-refractivity contribution >= 4 is 17.7 Å². The number of non-ortho nitro benzene ring substituents is 1. The summed E-state index contributed by atoms with van der Waals surface area (Å²) in [5.41, 5.74) is -0.152. The van der Waals surface area contributed by atoms with Crippen molar-refractivity contribution in [3.05, 3.63) is 39.9 Å². The fourth-order valence-electron chi connectivity index (χ4n) is 2.28. The van der Waals surface area contributed by atoms with Gasteiger partial charge in [0.2, 0.25) is 0 Å². The molecule has 0 aliphatic heterocycles. The van der Waals surface area contributed by atoms with Crippen molar-refractivity contribution < 1.29 is 29.1 Å². The number of nitrogens with one attached hydrogen (secondary N) is 1. The molecule has 2 atom stereocenters. The van der Waals surface area contributed by atoms with Gasteiger partial charge in [-0.2, -0.15) is 0 Å². The van der Waals surface area contributed by atoms with E-state index in [9.17, 15) is 24.8 Å². The van der Waals surface area contributed by atoms with Crippen molar-refractivity contribution in [3.8, 4) is 0 Å². The Morgan fingerprint density at radius 2 is 1.85 bits per heavy atom. The van der Waals surface area contributed by atoms with E-state index in [2.05, 4.69) is 5.32 Å². The Morgan fingerprint density at radius 1 is 1.26 bits per heavy atom. The van der Waals surface area contributed by atoms with Crippen LogP contribution >= 0.6 is 0 Å². The molecule has 0 aromatic heterocycles. The molecule has 0 fully saturated rings. The number of rotatable bonds is 8. The fraction of sp³-hybridized carbons (Fsp3) is 0.556. The predicted octanol–water partition coefficient (Wildman–Crippen LogP) is 2.34. The van der Waals surface area contributed by atoms with Gasteiger partial charge in [-0.15, -0.1) is 0 Å². The van der Waals surface area contributed by atoms with Crippen LogP contribution in [0.2, 0.25) is 0 Å².